The molecule has 1 heterocycles. The normalized spacial score (nSPS) is 51.7. The zero-order valence-corrected chi connectivity index (χ0v) is 11.0. The van der Waals surface area contributed by atoms with Gasteiger partial charge in [0.05, 0.1) is 0 Å². The summed E-state index contributed by atoms with van der Waals surface area (Å²) in [6, 6.07) is 2.36. The molecule has 4 unspecified atom stereocenters. The predicted molar refractivity (Wildman–Crippen MR) is 70.6 cm³/mol. The molecular formula is C14H27N3. The number of hydrogen-bond acceptors (Lipinski definition) is 3. The zero-order valence-electron chi connectivity index (χ0n) is 11.0. The lowest BCUT2D eigenvalue weighted by molar-refractivity contribution is -0.0278. The monoisotopic (exact) mass is 237 g/mol. The van der Waals surface area contributed by atoms with E-state index in [-0.39, 0.29) is 0 Å². The van der Waals surface area contributed by atoms with E-state index < -0.39 is 0 Å². The molecule has 17 heavy (non-hydrogen) atoms. The van der Waals surface area contributed by atoms with E-state index in [0.29, 0.717) is 12.1 Å². The van der Waals surface area contributed by atoms with Crippen LogP contribution in [0.1, 0.15) is 44.9 Å². The van der Waals surface area contributed by atoms with E-state index in [1.54, 1.807) is 0 Å². The van der Waals surface area contributed by atoms with Crippen molar-refractivity contribution in [1.29, 1.82) is 0 Å². The van der Waals surface area contributed by atoms with Crippen molar-refractivity contribution in [3.8, 4) is 0 Å². The predicted octanol–water partition coefficient (Wildman–Crippen LogP) is 1.31. The van der Waals surface area contributed by atoms with Gasteiger partial charge in [0.25, 0.3) is 0 Å². The lowest BCUT2D eigenvalue weighted by atomic mass is 9.67. The highest BCUT2D eigenvalue weighted by Gasteiger charge is 2.44. The van der Waals surface area contributed by atoms with E-state index in [9.17, 15) is 0 Å². The van der Waals surface area contributed by atoms with Gasteiger partial charge in [0, 0.05) is 24.2 Å². The molecule has 0 amide bonds. The fraction of sp³-hybridized carbons (Fsp3) is 1.00. The first kappa shape index (κ1) is 11.9. The van der Waals surface area contributed by atoms with Crippen LogP contribution in [0.5, 0.6) is 0 Å². The first-order chi connectivity index (χ1) is 8.15. The van der Waals surface area contributed by atoms with Crippen molar-refractivity contribution < 1.29 is 0 Å². The average molecular weight is 237 g/mol. The third-order valence-corrected chi connectivity index (χ3v) is 5.65. The molecule has 2 aliphatic carbocycles. The molecule has 0 aromatic carbocycles. The molecule has 2 saturated carbocycles. The smallest absolute Gasteiger partial charge is 0.0138 e. The number of likely N-dealkylation sites (tertiary alicyclic amines) is 1. The molecule has 0 radical (unpaired) electrons. The molecule has 4 N–H and O–H groups in total. The Labute approximate surface area is 105 Å². The molecule has 6 atom stereocenters. The average Bonchev–Trinajstić information content (AvgIpc) is 2.32. The van der Waals surface area contributed by atoms with Crippen LogP contribution >= 0.6 is 0 Å². The Morgan fingerprint density at radius 2 is 1.24 bits per heavy atom. The second-order valence-corrected chi connectivity index (χ2v) is 6.70. The highest BCUT2D eigenvalue weighted by Crippen LogP contribution is 2.44. The molecule has 3 rings (SSSR count). The van der Waals surface area contributed by atoms with Crippen molar-refractivity contribution in [2.24, 2.45) is 23.3 Å². The molecule has 3 nitrogen and oxygen atoms in total. The molecule has 3 aliphatic rings. The van der Waals surface area contributed by atoms with E-state index in [0.717, 1.165) is 23.9 Å². The maximum absolute atomic E-state index is 6.15. The zero-order chi connectivity index (χ0) is 12.0. The SMILES string of the molecule is CN1C2CC(N)CC[C@@H]2C[C@@H]2CCC(N)CC21. The van der Waals surface area contributed by atoms with Crippen LogP contribution in [0, 0.1) is 11.8 Å². The topological polar surface area (TPSA) is 55.3 Å². The molecule has 3 heteroatoms. The van der Waals surface area contributed by atoms with Crippen LogP contribution in [-0.4, -0.2) is 36.1 Å². The Hall–Kier alpha value is -0.120. The van der Waals surface area contributed by atoms with Gasteiger partial charge >= 0.3 is 0 Å². The van der Waals surface area contributed by atoms with E-state index >= 15 is 0 Å². The Morgan fingerprint density at radius 1 is 0.765 bits per heavy atom. The lowest BCUT2D eigenvalue weighted by Crippen LogP contribution is -2.59. The largest absolute Gasteiger partial charge is 0.328 e. The summed E-state index contributed by atoms with van der Waals surface area (Å²) in [7, 11) is 2.32. The minimum atomic E-state index is 0.438. The van der Waals surface area contributed by atoms with Crippen LogP contribution < -0.4 is 11.5 Å². The second-order valence-electron chi connectivity index (χ2n) is 6.70. The standard InChI is InChI=1S/C14H27N3/c1-17-13-7-11(15)4-2-9(13)6-10-3-5-12(16)8-14(10)17/h9-14H,2-8,15-16H2,1H3/t9-,10+,11?,12?,13?,14?. The Bertz CT molecular complexity index is 255. The number of piperidine rings is 1. The molecule has 0 spiro atoms. The number of rotatable bonds is 0. The fourth-order valence-electron chi connectivity index (χ4n) is 4.66. The van der Waals surface area contributed by atoms with Crippen LogP contribution in [-0.2, 0) is 0 Å². The van der Waals surface area contributed by atoms with Gasteiger partial charge in [-0.25, -0.2) is 0 Å². The van der Waals surface area contributed by atoms with Gasteiger partial charge in [-0.05, 0) is 63.8 Å². The van der Waals surface area contributed by atoms with Gasteiger partial charge in [-0.1, -0.05) is 0 Å². The lowest BCUT2D eigenvalue weighted by Gasteiger charge is -2.54. The summed E-state index contributed by atoms with van der Waals surface area (Å²) in [5.41, 5.74) is 12.3. The van der Waals surface area contributed by atoms with Crippen LogP contribution in [0.2, 0.25) is 0 Å². The van der Waals surface area contributed by atoms with Crippen molar-refractivity contribution in [2.75, 3.05) is 7.05 Å². The van der Waals surface area contributed by atoms with Gasteiger partial charge in [0.1, 0.15) is 0 Å². The third-order valence-electron chi connectivity index (χ3n) is 5.65. The van der Waals surface area contributed by atoms with Gasteiger partial charge in [-0.2, -0.15) is 0 Å². The highest BCUT2D eigenvalue weighted by atomic mass is 15.2. The van der Waals surface area contributed by atoms with E-state index in [1.165, 1.54) is 44.9 Å². The summed E-state index contributed by atoms with van der Waals surface area (Å²) in [5.74, 6) is 1.82. The van der Waals surface area contributed by atoms with Gasteiger partial charge in [0.15, 0.2) is 0 Å². The van der Waals surface area contributed by atoms with Gasteiger partial charge < -0.3 is 11.5 Å². The molecule has 98 valence electrons. The number of hydrogen-bond donors (Lipinski definition) is 2. The summed E-state index contributed by atoms with van der Waals surface area (Å²) in [5, 5.41) is 0. The summed E-state index contributed by atoms with van der Waals surface area (Å²) in [6.07, 6.45) is 9.05. The van der Waals surface area contributed by atoms with E-state index in [4.69, 9.17) is 11.5 Å². The molecule has 3 fully saturated rings. The van der Waals surface area contributed by atoms with Crippen LogP contribution in [0.3, 0.4) is 0 Å². The Balaban J connectivity index is 1.75. The Morgan fingerprint density at radius 3 is 1.71 bits per heavy atom. The highest BCUT2D eigenvalue weighted by molar-refractivity contribution is 5.00. The van der Waals surface area contributed by atoms with Crippen molar-refractivity contribution >= 4 is 0 Å². The number of nitrogens with two attached hydrogens (primary N) is 2. The van der Waals surface area contributed by atoms with Gasteiger partial charge in [-0.3, -0.25) is 4.90 Å². The molecule has 1 saturated heterocycles. The minimum Gasteiger partial charge on any atom is -0.328 e. The Kier molecular flexibility index (Phi) is 3.18. The quantitative estimate of drug-likeness (QED) is 0.668. The van der Waals surface area contributed by atoms with Crippen molar-refractivity contribution in [3.05, 3.63) is 0 Å². The van der Waals surface area contributed by atoms with Crippen molar-refractivity contribution in [1.82, 2.24) is 4.90 Å². The summed E-state index contributed by atoms with van der Waals surface area (Å²) in [4.78, 5) is 2.65. The summed E-state index contributed by atoms with van der Waals surface area (Å²) in [6.45, 7) is 0. The second kappa shape index (κ2) is 4.52. The first-order valence-corrected chi connectivity index (χ1v) is 7.38. The van der Waals surface area contributed by atoms with E-state index in [2.05, 4.69) is 11.9 Å². The molecule has 0 aromatic heterocycles. The summed E-state index contributed by atoms with van der Waals surface area (Å²) >= 11 is 0. The minimum absolute atomic E-state index is 0.438. The maximum atomic E-state index is 6.15. The number of fused-ring (bicyclic) bond motifs is 2. The molecule has 1 aliphatic heterocycles. The third kappa shape index (κ3) is 2.13. The van der Waals surface area contributed by atoms with Crippen LogP contribution in [0.15, 0.2) is 0 Å². The first-order valence-electron chi connectivity index (χ1n) is 7.38. The van der Waals surface area contributed by atoms with Crippen molar-refractivity contribution in [2.45, 2.75) is 69.1 Å². The van der Waals surface area contributed by atoms with Crippen LogP contribution in [0.4, 0.5) is 0 Å². The van der Waals surface area contributed by atoms with Crippen molar-refractivity contribution in [3.63, 3.8) is 0 Å². The van der Waals surface area contributed by atoms with Crippen LogP contribution in [0.25, 0.3) is 0 Å². The van der Waals surface area contributed by atoms with E-state index in [1.807, 2.05) is 0 Å². The fourth-order valence-corrected chi connectivity index (χ4v) is 4.66. The molecule has 0 bridgehead atoms. The molecular weight excluding hydrogens is 210 g/mol. The summed E-state index contributed by atoms with van der Waals surface area (Å²) < 4.78 is 0. The van der Waals surface area contributed by atoms with Gasteiger partial charge in [0.2, 0.25) is 0 Å². The molecule has 0 aromatic rings. The van der Waals surface area contributed by atoms with Gasteiger partial charge in [-0.15, -0.1) is 0 Å². The maximum Gasteiger partial charge on any atom is 0.0138 e. The number of nitrogens with zero attached hydrogens (tertiary/aromatic N) is 1.